The number of carbonyl (C=O) groups excluding carboxylic acids is 1. The van der Waals surface area contributed by atoms with E-state index in [4.69, 9.17) is 0 Å². The third-order valence-electron chi connectivity index (χ3n) is 3.77. The van der Waals surface area contributed by atoms with Crippen LogP contribution in [0, 0.1) is 0 Å². The number of nitrogens with one attached hydrogen (secondary N) is 1. The van der Waals surface area contributed by atoms with Gasteiger partial charge in [0.15, 0.2) is 0 Å². The first-order valence-corrected chi connectivity index (χ1v) is 6.98. The highest BCUT2D eigenvalue weighted by molar-refractivity contribution is 5.94. The SMILES string of the molecule is O=C(c1ccncc1)N1CCC[C@H](c2ccnc(=O)[nH]2)C1. The molecule has 0 radical (unpaired) electrons. The first kappa shape index (κ1) is 13.5. The highest BCUT2D eigenvalue weighted by Crippen LogP contribution is 2.25. The highest BCUT2D eigenvalue weighted by Gasteiger charge is 2.25. The Balaban J connectivity index is 1.77. The number of aromatic nitrogens is 3. The third-order valence-corrected chi connectivity index (χ3v) is 3.77. The van der Waals surface area contributed by atoms with Gasteiger partial charge in [-0.15, -0.1) is 0 Å². The van der Waals surface area contributed by atoms with Crippen molar-refractivity contribution in [2.45, 2.75) is 18.8 Å². The maximum atomic E-state index is 12.5. The van der Waals surface area contributed by atoms with Crippen LogP contribution >= 0.6 is 0 Å². The van der Waals surface area contributed by atoms with E-state index in [1.807, 2.05) is 11.0 Å². The molecule has 0 aromatic carbocycles. The molecule has 1 fully saturated rings. The largest absolute Gasteiger partial charge is 0.345 e. The summed E-state index contributed by atoms with van der Waals surface area (Å²) in [6.45, 7) is 1.36. The van der Waals surface area contributed by atoms with Crippen molar-refractivity contribution < 1.29 is 4.79 Å². The van der Waals surface area contributed by atoms with E-state index in [-0.39, 0.29) is 17.5 Å². The zero-order chi connectivity index (χ0) is 14.7. The minimum absolute atomic E-state index is 0.0125. The van der Waals surface area contributed by atoms with Gasteiger partial charge in [0.1, 0.15) is 0 Å². The van der Waals surface area contributed by atoms with Crippen molar-refractivity contribution >= 4 is 5.91 Å². The van der Waals surface area contributed by atoms with Crippen LogP contribution in [0.5, 0.6) is 0 Å². The molecule has 3 rings (SSSR count). The molecule has 2 aromatic rings. The Morgan fingerprint density at radius 2 is 2.05 bits per heavy atom. The van der Waals surface area contributed by atoms with Crippen LogP contribution in [0.25, 0.3) is 0 Å². The molecule has 0 aliphatic carbocycles. The monoisotopic (exact) mass is 284 g/mol. The predicted molar refractivity (Wildman–Crippen MR) is 77.0 cm³/mol. The molecule has 6 heteroatoms. The van der Waals surface area contributed by atoms with Crippen LogP contribution in [0.1, 0.15) is 34.8 Å². The zero-order valence-corrected chi connectivity index (χ0v) is 11.5. The number of amides is 1. The summed E-state index contributed by atoms with van der Waals surface area (Å²) in [5.74, 6) is 0.166. The van der Waals surface area contributed by atoms with Crippen LogP contribution in [-0.4, -0.2) is 38.8 Å². The summed E-state index contributed by atoms with van der Waals surface area (Å²) in [5, 5.41) is 0. The van der Waals surface area contributed by atoms with Crippen LogP contribution in [0.15, 0.2) is 41.6 Å². The Hall–Kier alpha value is -2.50. The fraction of sp³-hybridized carbons (Fsp3) is 0.333. The second kappa shape index (κ2) is 5.87. The molecule has 1 N–H and O–H groups in total. The molecule has 2 aromatic heterocycles. The molecule has 108 valence electrons. The van der Waals surface area contributed by atoms with Gasteiger partial charge in [-0.2, -0.15) is 0 Å². The maximum absolute atomic E-state index is 12.5. The van der Waals surface area contributed by atoms with E-state index in [2.05, 4.69) is 15.0 Å². The van der Waals surface area contributed by atoms with Crippen LogP contribution < -0.4 is 5.69 Å². The minimum atomic E-state index is -0.343. The number of rotatable bonds is 2. The second-order valence-electron chi connectivity index (χ2n) is 5.16. The Morgan fingerprint density at radius 3 is 2.81 bits per heavy atom. The average molecular weight is 284 g/mol. The number of pyridine rings is 1. The van der Waals surface area contributed by atoms with Gasteiger partial charge in [-0.25, -0.2) is 9.78 Å². The van der Waals surface area contributed by atoms with E-state index in [0.717, 1.165) is 25.1 Å². The molecular weight excluding hydrogens is 268 g/mol. The highest BCUT2D eigenvalue weighted by atomic mass is 16.2. The second-order valence-corrected chi connectivity index (χ2v) is 5.16. The maximum Gasteiger partial charge on any atom is 0.345 e. The van der Waals surface area contributed by atoms with E-state index in [9.17, 15) is 9.59 Å². The van der Waals surface area contributed by atoms with Gasteiger partial charge in [0.2, 0.25) is 0 Å². The number of piperidine rings is 1. The number of carbonyl (C=O) groups is 1. The summed E-state index contributed by atoms with van der Waals surface area (Å²) in [4.78, 5) is 35.9. The molecule has 3 heterocycles. The standard InChI is InChI=1S/C15H16N4O2/c20-14(11-3-6-16-7-4-11)19-9-1-2-12(10-19)13-5-8-17-15(21)18-13/h3-8,12H,1-2,9-10H2,(H,17,18,21)/t12-/m0/s1. The fourth-order valence-corrected chi connectivity index (χ4v) is 2.71. The minimum Gasteiger partial charge on any atom is -0.338 e. The van der Waals surface area contributed by atoms with Gasteiger partial charge in [-0.05, 0) is 31.0 Å². The van der Waals surface area contributed by atoms with Gasteiger partial charge in [0.25, 0.3) is 5.91 Å². The number of H-pyrrole nitrogens is 1. The van der Waals surface area contributed by atoms with Crippen molar-refractivity contribution in [3.05, 3.63) is 58.5 Å². The quantitative estimate of drug-likeness (QED) is 0.898. The average Bonchev–Trinajstić information content (AvgIpc) is 2.55. The van der Waals surface area contributed by atoms with E-state index in [1.54, 1.807) is 24.5 Å². The molecule has 1 amide bonds. The van der Waals surface area contributed by atoms with Gasteiger partial charge in [0.05, 0.1) is 0 Å². The normalized spacial score (nSPS) is 18.5. The van der Waals surface area contributed by atoms with E-state index >= 15 is 0 Å². The van der Waals surface area contributed by atoms with Crippen LogP contribution in [-0.2, 0) is 0 Å². The van der Waals surface area contributed by atoms with E-state index in [0.29, 0.717) is 12.1 Å². The van der Waals surface area contributed by atoms with Crippen molar-refractivity contribution in [3.63, 3.8) is 0 Å². The molecule has 0 saturated carbocycles. The van der Waals surface area contributed by atoms with Crippen molar-refractivity contribution in [3.8, 4) is 0 Å². The number of hydrogen-bond acceptors (Lipinski definition) is 4. The number of aromatic amines is 1. The first-order chi connectivity index (χ1) is 10.2. The van der Waals surface area contributed by atoms with E-state index in [1.165, 1.54) is 6.20 Å². The molecule has 1 saturated heterocycles. The lowest BCUT2D eigenvalue weighted by Gasteiger charge is -2.32. The van der Waals surface area contributed by atoms with Crippen LogP contribution in [0.3, 0.4) is 0 Å². The van der Waals surface area contributed by atoms with Crippen LogP contribution in [0.2, 0.25) is 0 Å². The first-order valence-electron chi connectivity index (χ1n) is 6.98. The molecular formula is C15H16N4O2. The number of hydrogen-bond donors (Lipinski definition) is 1. The lowest BCUT2D eigenvalue weighted by atomic mass is 9.94. The summed E-state index contributed by atoms with van der Waals surface area (Å²) in [7, 11) is 0. The van der Waals surface area contributed by atoms with Gasteiger partial charge >= 0.3 is 5.69 Å². The predicted octanol–water partition coefficient (Wildman–Crippen LogP) is 1.18. The van der Waals surface area contributed by atoms with Gasteiger partial charge in [0, 0.05) is 48.9 Å². The van der Waals surface area contributed by atoms with Gasteiger partial charge < -0.3 is 9.88 Å². The molecule has 6 nitrogen and oxygen atoms in total. The molecule has 1 aliphatic heterocycles. The number of likely N-dealkylation sites (tertiary alicyclic amines) is 1. The van der Waals surface area contributed by atoms with E-state index < -0.39 is 0 Å². The smallest absolute Gasteiger partial charge is 0.338 e. The summed E-state index contributed by atoms with van der Waals surface area (Å²) >= 11 is 0. The van der Waals surface area contributed by atoms with Crippen molar-refractivity contribution in [1.82, 2.24) is 19.9 Å². The third kappa shape index (κ3) is 2.99. The Labute approximate surface area is 121 Å². The van der Waals surface area contributed by atoms with Crippen molar-refractivity contribution in [2.24, 2.45) is 0 Å². The molecule has 0 bridgehead atoms. The summed E-state index contributed by atoms with van der Waals surface area (Å²) < 4.78 is 0. The summed E-state index contributed by atoms with van der Waals surface area (Å²) in [5.41, 5.74) is 1.15. The van der Waals surface area contributed by atoms with Gasteiger partial charge in [-0.1, -0.05) is 0 Å². The molecule has 0 spiro atoms. The molecule has 21 heavy (non-hydrogen) atoms. The summed E-state index contributed by atoms with van der Waals surface area (Å²) in [6, 6.07) is 5.26. The summed E-state index contributed by atoms with van der Waals surface area (Å²) in [6.07, 6.45) is 6.63. The van der Waals surface area contributed by atoms with Crippen LogP contribution in [0.4, 0.5) is 0 Å². The number of nitrogens with zero attached hydrogens (tertiary/aromatic N) is 3. The zero-order valence-electron chi connectivity index (χ0n) is 11.5. The van der Waals surface area contributed by atoms with Crippen molar-refractivity contribution in [1.29, 1.82) is 0 Å². The lowest BCUT2D eigenvalue weighted by molar-refractivity contribution is 0.0705. The van der Waals surface area contributed by atoms with Gasteiger partial charge in [-0.3, -0.25) is 9.78 Å². The molecule has 0 unspecified atom stereocenters. The fourth-order valence-electron chi connectivity index (χ4n) is 2.71. The Bertz CT molecular complexity index is 683. The topological polar surface area (TPSA) is 79.0 Å². The van der Waals surface area contributed by atoms with Crippen molar-refractivity contribution in [2.75, 3.05) is 13.1 Å². The Morgan fingerprint density at radius 1 is 1.24 bits per heavy atom. The molecule has 1 atom stereocenters. The Kier molecular flexibility index (Phi) is 3.77. The lowest BCUT2D eigenvalue weighted by Crippen LogP contribution is -2.39. The molecule has 1 aliphatic rings.